The summed E-state index contributed by atoms with van der Waals surface area (Å²) < 4.78 is 5.46. The Morgan fingerprint density at radius 3 is 2.69 bits per heavy atom. The first kappa shape index (κ1) is 11.0. The molecule has 86 valence electrons. The lowest BCUT2D eigenvalue weighted by Gasteiger charge is -2.21. The van der Waals surface area contributed by atoms with Gasteiger partial charge in [-0.15, -0.1) is 0 Å². The number of carbonyl (C=O) groups excluding carboxylic acids is 1. The number of amides is 1. The molecule has 3 N–H and O–H groups in total. The van der Waals surface area contributed by atoms with Gasteiger partial charge >= 0.3 is 0 Å². The third-order valence-electron chi connectivity index (χ3n) is 2.87. The van der Waals surface area contributed by atoms with E-state index in [0.29, 0.717) is 12.3 Å². The number of carbonyl (C=O) groups is 1. The van der Waals surface area contributed by atoms with Gasteiger partial charge in [-0.25, -0.2) is 0 Å². The van der Waals surface area contributed by atoms with Crippen LogP contribution >= 0.6 is 0 Å². The molecule has 2 rings (SSSR count). The summed E-state index contributed by atoms with van der Waals surface area (Å²) in [5, 5.41) is 2.83. The van der Waals surface area contributed by atoms with Crippen LogP contribution in [0.2, 0.25) is 0 Å². The second-order valence-electron chi connectivity index (χ2n) is 4.26. The molecule has 0 radical (unpaired) electrons. The van der Waals surface area contributed by atoms with E-state index in [9.17, 15) is 4.79 Å². The summed E-state index contributed by atoms with van der Waals surface area (Å²) in [7, 11) is 0. The molecule has 0 aliphatic carbocycles. The smallest absolute Gasteiger partial charge is 0.256 e. The number of anilines is 2. The van der Waals surface area contributed by atoms with E-state index in [1.165, 1.54) is 0 Å². The van der Waals surface area contributed by atoms with E-state index in [2.05, 4.69) is 5.32 Å². The van der Waals surface area contributed by atoms with Crippen LogP contribution in [0.4, 0.5) is 11.4 Å². The van der Waals surface area contributed by atoms with Crippen molar-refractivity contribution in [3.63, 3.8) is 0 Å². The molecule has 1 aromatic rings. The minimum absolute atomic E-state index is 0.0882. The van der Waals surface area contributed by atoms with Gasteiger partial charge in [0.15, 0.2) is 0 Å². The third-order valence-corrected chi connectivity index (χ3v) is 2.87. The normalized spacial score (nSPS) is 24.3. The molecule has 1 atom stereocenters. The fourth-order valence-electron chi connectivity index (χ4n) is 1.79. The van der Waals surface area contributed by atoms with Crippen LogP contribution in [0.5, 0.6) is 0 Å². The molecule has 1 aliphatic rings. The molecule has 4 heteroatoms. The first-order chi connectivity index (χ1) is 7.60. The van der Waals surface area contributed by atoms with Gasteiger partial charge in [-0.1, -0.05) is 0 Å². The van der Waals surface area contributed by atoms with Crippen LogP contribution in [-0.2, 0) is 9.53 Å². The van der Waals surface area contributed by atoms with Crippen molar-refractivity contribution in [1.82, 2.24) is 0 Å². The number of hydrogen-bond acceptors (Lipinski definition) is 3. The largest absolute Gasteiger partial charge is 0.399 e. The summed E-state index contributed by atoms with van der Waals surface area (Å²) in [4.78, 5) is 12.0. The van der Waals surface area contributed by atoms with Gasteiger partial charge in [0.2, 0.25) is 0 Å². The van der Waals surface area contributed by atoms with Crippen LogP contribution in [0.15, 0.2) is 24.3 Å². The van der Waals surface area contributed by atoms with Crippen LogP contribution in [0, 0.1) is 0 Å². The first-order valence-corrected chi connectivity index (χ1v) is 5.41. The second kappa shape index (κ2) is 4.14. The number of ether oxygens (including phenoxy) is 1. The molecule has 0 aromatic heterocycles. The Morgan fingerprint density at radius 1 is 1.44 bits per heavy atom. The molecule has 16 heavy (non-hydrogen) atoms. The standard InChI is InChI=1S/C12H16N2O2/c1-12(7-2-8-16-12)11(15)14-10-5-3-9(13)4-6-10/h3-6H,2,7-8,13H2,1H3,(H,14,15). The van der Waals surface area contributed by atoms with E-state index in [4.69, 9.17) is 10.5 Å². The van der Waals surface area contributed by atoms with E-state index >= 15 is 0 Å². The molecule has 1 aliphatic heterocycles. The molecule has 1 heterocycles. The van der Waals surface area contributed by atoms with Crippen LogP contribution in [0.1, 0.15) is 19.8 Å². The number of nitrogens with two attached hydrogens (primary N) is 1. The molecule has 4 nitrogen and oxygen atoms in total. The molecule has 1 amide bonds. The van der Waals surface area contributed by atoms with Gasteiger partial charge in [-0.05, 0) is 44.0 Å². The van der Waals surface area contributed by atoms with Crippen LogP contribution in [-0.4, -0.2) is 18.1 Å². The van der Waals surface area contributed by atoms with Crippen LogP contribution < -0.4 is 11.1 Å². The number of benzene rings is 1. The Balaban J connectivity index is 2.04. The van der Waals surface area contributed by atoms with Crippen molar-refractivity contribution < 1.29 is 9.53 Å². The monoisotopic (exact) mass is 220 g/mol. The molecule has 1 saturated heterocycles. The summed E-state index contributed by atoms with van der Waals surface area (Å²) in [6.45, 7) is 2.48. The molecule has 1 aromatic carbocycles. The fraction of sp³-hybridized carbons (Fsp3) is 0.417. The Bertz CT molecular complexity index is 381. The zero-order valence-electron chi connectivity index (χ0n) is 9.32. The zero-order chi connectivity index (χ0) is 11.6. The Kier molecular flexibility index (Phi) is 2.83. The van der Waals surface area contributed by atoms with Gasteiger partial charge in [0.1, 0.15) is 5.60 Å². The zero-order valence-corrected chi connectivity index (χ0v) is 9.32. The van der Waals surface area contributed by atoms with E-state index in [1.54, 1.807) is 24.3 Å². The van der Waals surface area contributed by atoms with Crippen molar-refractivity contribution in [3.05, 3.63) is 24.3 Å². The summed E-state index contributed by atoms with van der Waals surface area (Å²) in [6.07, 6.45) is 1.71. The highest BCUT2D eigenvalue weighted by Crippen LogP contribution is 2.26. The Labute approximate surface area is 94.8 Å². The minimum atomic E-state index is -0.679. The van der Waals surface area contributed by atoms with Gasteiger partial charge in [0.25, 0.3) is 5.91 Å². The van der Waals surface area contributed by atoms with Crippen molar-refractivity contribution >= 4 is 17.3 Å². The molecular formula is C12H16N2O2. The van der Waals surface area contributed by atoms with E-state index < -0.39 is 5.60 Å². The van der Waals surface area contributed by atoms with Gasteiger partial charge in [0.05, 0.1) is 0 Å². The quantitative estimate of drug-likeness (QED) is 0.747. The van der Waals surface area contributed by atoms with Gasteiger partial charge in [-0.2, -0.15) is 0 Å². The van der Waals surface area contributed by atoms with Crippen molar-refractivity contribution in [1.29, 1.82) is 0 Å². The maximum Gasteiger partial charge on any atom is 0.256 e. The lowest BCUT2D eigenvalue weighted by Crippen LogP contribution is -2.39. The van der Waals surface area contributed by atoms with Crippen molar-refractivity contribution in [2.45, 2.75) is 25.4 Å². The number of nitrogens with one attached hydrogen (secondary N) is 1. The SMILES string of the molecule is CC1(C(=O)Nc2ccc(N)cc2)CCCO1. The molecule has 0 spiro atoms. The number of nitrogen functional groups attached to an aromatic ring is 1. The number of rotatable bonds is 2. The lowest BCUT2D eigenvalue weighted by molar-refractivity contribution is -0.133. The van der Waals surface area contributed by atoms with Crippen LogP contribution in [0.3, 0.4) is 0 Å². The highest BCUT2D eigenvalue weighted by molar-refractivity contribution is 5.97. The average molecular weight is 220 g/mol. The lowest BCUT2D eigenvalue weighted by atomic mass is 10.0. The molecule has 1 unspecified atom stereocenters. The fourth-order valence-corrected chi connectivity index (χ4v) is 1.79. The average Bonchev–Trinajstić information content (AvgIpc) is 2.70. The van der Waals surface area contributed by atoms with Crippen molar-refractivity contribution in [2.24, 2.45) is 0 Å². The maximum absolute atomic E-state index is 12.0. The first-order valence-electron chi connectivity index (χ1n) is 5.41. The van der Waals surface area contributed by atoms with Crippen LogP contribution in [0.25, 0.3) is 0 Å². The second-order valence-corrected chi connectivity index (χ2v) is 4.26. The van der Waals surface area contributed by atoms with Gasteiger partial charge < -0.3 is 15.8 Å². The summed E-state index contributed by atoms with van der Waals surface area (Å²) in [6, 6.07) is 7.08. The highest BCUT2D eigenvalue weighted by atomic mass is 16.5. The minimum Gasteiger partial charge on any atom is -0.399 e. The predicted octanol–water partition coefficient (Wildman–Crippen LogP) is 1.78. The van der Waals surface area contributed by atoms with Gasteiger partial charge in [0, 0.05) is 18.0 Å². The molecular weight excluding hydrogens is 204 g/mol. The summed E-state index contributed by atoms with van der Waals surface area (Å²) >= 11 is 0. The summed E-state index contributed by atoms with van der Waals surface area (Å²) in [5.41, 5.74) is 6.32. The van der Waals surface area contributed by atoms with Crippen molar-refractivity contribution in [3.8, 4) is 0 Å². The molecule has 1 fully saturated rings. The highest BCUT2D eigenvalue weighted by Gasteiger charge is 2.37. The Morgan fingerprint density at radius 2 is 2.12 bits per heavy atom. The maximum atomic E-state index is 12.0. The Hall–Kier alpha value is -1.55. The predicted molar refractivity (Wildman–Crippen MR) is 63.1 cm³/mol. The van der Waals surface area contributed by atoms with Crippen molar-refractivity contribution in [2.75, 3.05) is 17.7 Å². The molecule has 0 saturated carbocycles. The molecule has 0 bridgehead atoms. The van der Waals surface area contributed by atoms with E-state index in [1.807, 2.05) is 6.92 Å². The third kappa shape index (κ3) is 2.17. The number of hydrogen-bond donors (Lipinski definition) is 2. The topological polar surface area (TPSA) is 64.4 Å². The van der Waals surface area contributed by atoms with E-state index in [-0.39, 0.29) is 5.91 Å². The van der Waals surface area contributed by atoms with E-state index in [0.717, 1.165) is 18.5 Å². The summed E-state index contributed by atoms with van der Waals surface area (Å²) in [5.74, 6) is -0.0882. The van der Waals surface area contributed by atoms with Gasteiger partial charge in [-0.3, -0.25) is 4.79 Å².